The number of nitro groups is 1. The lowest BCUT2D eigenvalue weighted by molar-refractivity contribution is -0.384. The molecule has 0 saturated heterocycles. The molecule has 1 aromatic carbocycles. The molecule has 1 heterocycles. The minimum Gasteiger partial charge on any atom is -0.467 e. The SMILES string of the molecule is COC(=O)C1(C(F)(F)F)C=C2CC(c3ccc([N+](=O)[O-])cc3)=C2CN1C. The van der Waals surface area contributed by atoms with Gasteiger partial charge in [-0.25, -0.2) is 4.79 Å². The average Bonchev–Trinajstić information content (AvgIpc) is 2.56. The number of hydrogen-bond donors (Lipinski definition) is 0. The first-order valence-electron chi connectivity index (χ1n) is 7.67. The van der Waals surface area contributed by atoms with E-state index in [0.717, 1.165) is 23.7 Å². The summed E-state index contributed by atoms with van der Waals surface area (Å²) < 4.78 is 45.5. The summed E-state index contributed by atoms with van der Waals surface area (Å²) in [5.41, 5.74) is -0.185. The van der Waals surface area contributed by atoms with E-state index in [0.29, 0.717) is 16.7 Å². The summed E-state index contributed by atoms with van der Waals surface area (Å²) in [7, 11) is 2.15. The molecule has 6 nitrogen and oxygen atoms in total. The molecular formula is C17H15F3N2O4. The fourth-order valence-corrected chi connectivity index (χ4v) is 3.40. The molecule has 2 aliphatic rings. The summed E-state index contributed by atoms with van der Waals surface area (Å²) in [6, 6.07) is 5.85. The van der Waals surface area contributed by atoms with E-state index in [1.807, 2.05) is 0 Å². The third-order valence-electron chi connectivity index (χ3n) is 4.85. The lowest BCUT2D eigenvalue weighted by Gasteiger charge is -2.46. The number of fused-ring (bicyclic) bond motifs is 1. The second-order valence-corrected chi connectivity index (χ2v) is 6.22. The maximum Gasteiger partial charge on any atom is 0.421 e. The largest absolute Gasteiger partial charge is 0.467 e. The maximum absolute atomic E-state index is 13.7. The van der Waals surface area contributed by atoms with Crippen LogP contribution in [-0.4, -0.2) is 48.2 Å². The number of benzene rings is 1. The van der Waals surface area contributed by atoms with Crippen molar-refractivity contribution < 1.29 is 27.6 Å². The van der Waals surface area contributed by atoms with Crippen LogP contribution in [0.1, 0.15) is 12.0 Å². The summed E-state index contributed by atoms with van der Waals surface area (Å²) in [6.07, 6.45) is -3.64. The van der Waals surface area contributed by atoms with Crippen LogP contribution in [0, 0.1) is 10.1 Å². The van der Waals surface area contributed by atoms with Crippen molar-refractivity contribution in [3.63, 3.8) is 0 Å². The average molecular weight is 368 g/mol. The Balaban J connectivity index is 2.02. The fourth-order valence-electron chi connectivity index (χ4n) is 3.40. The van der Waals surface area contributed by atoms with Gasteiger partial charge < -0.3 is 4.74 Å². The highest BCUT2D eigenvalue weighted by Crippen LogP contribution is 2.50. The molecule has 0 radical (unpaired) electrons. The van der Waals surface area contributed by atoms with Crippen LogP contribution >= 0.6 is 0 Å². The van der Waals surface area contributed by atoms with Gasteiger partial charge in [0, 0.05) is 18.7 Å². The van der Waals surface area contributed by atoms with Gasteiger partial charge in [0.25, 0.3) is 5.69 Å². The van der Waals surface area contributed by atoms with Crippen molar-refractivity contribution in [3.8, 4) is 0 Å². The Kier molecular flexibility index (Phi) is 4.14. The molecule has 1 atom stereocenters. The Morgan fingerprint density at radius 2 is 1.88 bits per heavy atom. The van der Waals surface area contributed by atoms with Gasteiger partial charge in [-0.2, -0.15) is 13.2 Å². The molecule has 0 aromatic heterocycles. The second kappa shape index (κ2) is 5.94. The Hall–Kier alpha value is -2.68. The van der Waals surface area contributed by atoms with E-state index in [1.54, 1.807) is 12.1 Å². The van der Waals surface area contributed by atoms with Crippen molar-refractivity contribution in [2.45, 2.75) is 18.1 Å². The van der Waals surface area contributed by atoms with Crippen LogP contribution in [0.4, 0.5) is 18.9 Å². The van der Waals surface area contributed by atoms with Crippen molar-refractivity contribution >= 4 is 17.2 Å². The third kappa shape index (κ3) is 2.50. The van der Waals surface area contributed by atoms with Gasteiger partial charge in [-0.15, -0.1) is 0 Å². The predicted molar refractivity (Wildman–Crippen MR) is 86.1 cm³/mol. The van der Waals surface area contributed by atoms with Crippen LogP contribution in [0.3, 0.4) is 0 Å². The van der Waals surface area contributed by atoms with Crippen molar-refractivity contribution in [3.05, 3.63) is 57.2 Å². The van der Waals surface area contributed by atoms with E-state index < -0.39 is 22.6 Å². The van der Waals surface area contributed by atoms with Crippen LogP contribution in [0.2, 0.25) is 0 Å². The normalized spacial score (nSPS) is 23.0. The number of esters is 1. The minimum absolute atomic E-state index is 0.0584. The van der Waals surface area contributed by atoms with Crippen LogP contribution in [-0.2, 0) is 9.53 Å². The number of halogens is 3. The lowest BCUT2D eigenvalue weighted by Crippen LogP contribution is -2.64. The van der Waals surface area contributed by atoms with Gasteiger partial charge in [0.15, 0.2) is 0 Å². The zero-order chi connectivity index (χ0) is 19.3. The van der Waals surface area contributed by atoms with E-state index in [9.17, 15) is 28.1 Å². The highest BCUT2D eigenvalue weighted by Gasteiger charge is 2.64. The van der Waals surface area contributed by atoms with E-state index in [-0.39, 0.29) is 18.7 Å². The molecule has 26 heavy (non-hydrogen) atoms. The predicted octanol–water partition coefficient (Wildman–Crippen LogP) is 3.10. The second-order valence-electron chi connectivity index (χ2n) is 6.22. The molecule has 1 unspecified atom stereocenters. The topological polar surface area (TPSA) is 72.7 Å². The molecule has 0 N–H and O–H groups in total. The number of hydrogen-bond acceptors (Lipinski definition) is 5. The molecule has 1 aliphatic heterocycles. The first-order valence-corrected chi connectivity index (χ1v) is 7.67. The third-order valence-corrected chi connectivity index (χ3v) is 4.85. The molecular weight excluding hydrogens is 353 g/mol. The molecule has 0 bridgehead atoms. The zero-order valence-electron chi connectivity index (χ0n) is 14.0. The molecule has 1 aliphatic carbocycles. The van der Waals surface area contributed by atoms with Crippen LogP contribution in [0.15, 0.2) is 41.5 Å². The number of carbonyl (C=O) groups excluding carboxylic acids is 1. The lowest BCUT2D eigenvalue weighted by atomic mass is 9.73. The summed E-state index contributed by atoms with van der Waals surface area (Å²) in [5, 5.41) is 10.7. The number of nitro benzene ring substituents is 1. The maximum atomic E-state index is 13.7. The minimum atomic E-state index is -4.82. The Labute approximate surface area is 146 Å². The summed E-state index contributed by atoms with van der Waals surface area (Å²) in [4.78, 5) is 23.1. The fraction of sp³-hybridized carbons (Fsp3) is 0.353. The molecule has 0 saturated carbocycles. The monoisotopic (exact) mass is 368 g/mol. The smallest absolute Gasteiger partial charge is 0.421 e. The zero-order valence-corrected chi connectivity index (χ0v) is 14.0. The summed E-state index contributed by atoms with van der Waals surface area (Å²) >= 11 is 0. The van der Waals surface area contributed by atoms with E-state index in [4.69, 9.17) is 0 Å². The first-order chi connectivity index (χ1) is 12.1. The van der Waals surface area contributed by atoms with Gasteiger partial charge in [0.1, 0.15) is 0 Å². The highest BCUT2D eigenvalue weighted by molar-refractivity contribution is 5.90. The van der Waals surface area contributed by atoms with Gasteiger partial charge in [-0.05, 0) is 54.0 Å². The Bertz CT molecular complexity index is 843. The van der Waals surface area contributed by atoms with Gasteiger partial charge in [0.05, 0.1) is 12.0 Å². The summed E-state index contributed by atoms with van der Waals surface area (Å²) in [6.45, 7) is -0.0766. The van der Waals surface area contributed by atoms with E-state index in [2.05, 4.69) is 4.74 Å². The number of carbonyl (C=O) groups is 1. The number of non-ortho nitro benzene ring substituents is 1. The van der Waals surface area contributed by atoms with Crippen molar-refractivity contribution in [1.29, 1.82) is 0 Å². The van der Waals surface area contributed by atoms with Crippen molar-refractivity contribution in [1.82, 2.24) is 4.90 Å². The molecule has 0 fully saturated rings. The van der Waals surface area contributed by atoms with E-state index in [1.165, 1.54) is 19.2 Å². The van der Waals surface area contributed by atoms with Gasteiger partial charge in [-0.1, -0.05) is 0 Å². The van der Waals surface area contributed by atoms with Crippen molar-refractivity contribution in [2.75, 3.05) is 20.7 Å². The Morgan fingerprint density at radius 1 is 1.27 bits per heavy atom. The number of allylic oxidation sites excluding steroid dienone is 1. The molecule has 0 amide bonds. The highest BCUT2D eigenvalue weighted by atomic mass is 19.4. The molecule has 3 rings (SSSR count). The van der Waals surface area contributed by atoms with E-state index >= 15 is 0 Å². The van der Waals surface area contributed by atoms with Crippen LogP contribution < -0.4 is 0 Å². The number of likely N-dealkylation sites (N-methyl/N-ethyl adjacent to an activating group) is 1. The number of methoxy groups -OCH3 is 1. The number of ether oxygens (including phenoxy) is 1. The first kappa shape index (κ1) is 18.1. The number of alkyl halides is 3. The van der Waals surface area contributed by atoms with Gasteiger partial charge in [0.2, 0.25) is 5.54 Å². The quantitative estimate of drug-likeness (QED) is 0.466. The molecule has 9 heteroatoms. The van der Waals surface area contributed by atoms with Gasteiger partial charge in [-0.3, -0.25) is 15.0 Å². The van der Waals surface area contributed by atoms with Crippen molar-refractivity contribution in [2.24, 2.45) is 0 Å². The molecule has 138 valence electrons. The number of nitrogens with zero attached hydrogens (tertiary/aromatic N) is 2. The van der Waals surface area contributed by atoms with Gasteiger partial charge >= 0.3 is 12.1 Å². The Morgan fingerprint density at radius 3 is 2.38 bits per heavy atom. The van der Waals surface area contributed by atoms with Crippen LogP contribution in [0.5, 0.6) is 0 Å². The molecule has 0 spiro atoms. The standard InChI is InChI=1S/C17H15F3N2O4/c1-21-9-14-11(8-16(21,15(23)26-2)17(18,19)20)7-13(14)10-3-5-12(6-4-10)22(24)25/h3-6,8H,7,9H2,1-2H3. The summed E-state index contributed by atoms with van der Waals surface area (Å²) in [5.74, 6) is -1.37. The van der Waals surface area contributed by atoms with Crippen LogP contribution in [0.25, 0.3) is 5.57 Å². The number of rotatable bonds is 3. The molecule has 1 aromatic rings.